The van der Waals surface area contributed by atoms with Gasteiger partial charge in [-0.25, -0.2) is 4.79 Å². The van der Waals surface area contributed by atoms with Crippen LogP contribution in [0, 0.1) is 12.8 Å². The number of anilines is 1. The van der Waals surface area contributed by atoms with Crippen molar-refractivity contribution in [1.29, 1.82) is 0 Å². The van der Waals surface area contributed by atoms with Crippen LogP contribution in [0.5, 0.6) is 0 Å². The van der Waals surface area contributed by atoms with Crippen LogP contribution in [0.2, 0.25) is 0 Å². The first-order valence-corrected chi connectivity index (χ1v) is 6.82. The quantitative estimate of drug-likeness (QED) is 0.839. The summed E-state index contributed by atoms with van der Waals surface area (Å²) >= 11 is 0. The van der Waals surface area contributed by atoms with Gasteiger partial charge in [0.25, 0.3) is 0 Å². The highest BCUT2D eigenvalue weighted by atomic mass is 35.5. The number of piperidine rings is 1. The van der Waals surface area contributed by atoms with Crippen molar-refractivity contribution in [2.45, 2.75) is 19.8 Å². The zero-order valence-electron chi connectivity index (χ0n) is 12.3. The summed E-state index contributed by atoms with van der Waals surface area (Å²) in [4.78, 5) is 23.7. The second-order valence-electron chi connectivity index (χ2n) is 5.03. The van der Waals surface area contributed by atoms with Crippen LogP contribution >= 0.6 is 12.4 Å². The molecule has 0 saturated carbocycles. The third-order valence-corrected chi connectivity index (χ3v) is 3.63. The van der Waals surface area contributed by atoms with Gasteiger partial charge in [-0.1, -0.05) is 6.07 Å². The van der Waals surface area contributed by atoms with Crippen molar-refractivity contribution in [1.82, 2.24) is 5.32 Å². The molecule has 6 heteroatoms. The summed E-state index contributed by atoms with van der Waals surface area (Å²) < 4.78 is 4.69. The Balaban J connectivity index is 0.00000220. The predicted molar refractivity (Wildman–Crippen MR) is 84.0 cm³/mol. The number of aryl methyl sites for hydroxylation is 1. The molecule has 1 aromatic carbocycles. The van der Waals surface area contributed by atoms with Crippen molar-refractivity contribution in [3.8, 4) is 0 Å². The van der Waals surface area contributed by atoms with E-state index in [0.717, 1.165) is 31.5 Å². The van der Waals surface area contributed by atoms with Gasteiger partial charge >= 0.3 is 5.97 Å². The second kappa shape index (κ2) is 8.00. The average Bonchev–Trinajstić information content (AvgIpc) is 2.49. The van der Waals surface area contributed by atoms with E-state index in [0.29, 0.717) is 11.3 Å². The molecule has 5 nitrogen and oxygen atoms in total. The number of nitrogens with one attached hydrogen (secondary N) is 2. The van der Waals surface area contributed by atoms with Crippen molar-refractivity contribution in [2.75, 3.05) is 25.5 Å². The zero-order chi connectivity index (χ0) is 14.5. The fourth-order valence-corrected chi connectivity index (χ4v) is 2.32. The topological polar surface area (TPSA) is 67.4 Å². The molecule has 2 N–H and O–H groups in total. The van der Waals surface area contributed by atoms with Gasteiger partial charge in [0.15, 0.2) is 0 Å². The highest BCUT2D eigenvalue weighted by Gasteiger charge is 2.21. The van der Waals surface area contributed by atoms with E-state index >= 15 is 0 Å². The van der Waals surface area contributed by atoms with Crippen LogP contribution in [0.25, 0.3) is 0 Å². The molecule has 2 rings (SSSR count). The SMILES string of the molecule is COC(=O)c1ccc(C)c(NC(=O)C2CCNCC2)c1.Cl. The monoisotopic (exact) mass is 312 g/mol. The van der Waals surface area contributed by atoms with Gasteiger partial charge in [-0.3, -0.25) is 4.79 Å². The lowest BCUT2D eigenvalue weighted by Crippen LogP contribution is -2.34. The van der Waals surface area contributed by atoms with Gasteiger partial charge in [0.1, 0.15) is 0 Å². The molecular weight excluding hydrogens is 292 g/mol. The van der Waals surface area contributed by atoms with E-state index in [-0.39, 0.29) is 24.2 Å². The van der Waals surface area contributed by atoms with E-state index in [1.165, 1.54) is 7.11 Å². The number of halogens is 1. The minimum atomic E-state index is -0.401. The highest BCUT2D eigenvalue weighted by Crippen LogP contribution is 2.20. The Morgan fingerprint density at radius 2 is 1.95 bits per heavy atom. The molecule has 1 aliphatic rings. The van der Waals surface area contributed by atoms with Crippen molar-refractivity contribution >= 4 is 30.0 Å². The molecule has 0 aromatic heterocycles. The molecule has 1 saturated heterocycles. The Labute approximate surface area is 130 Å². The van der Waals surface area contributed by atoms with Crippen molar-refractivity contribution in [3.05, 3.63) is 29.3 Å². The summed E-state index contributed by atoms with van der Waals surface area (Å²) in [5.41, 5.74) is 2.05. The first kappa shape index (κ1) is 17.5. The number of rotatable bonds is 3. The molecule has 21 heavy (non-hydrogen) atoms. The summed E-state index contributed by atoms with van der Waals surface area (Å²) in [6.07, 6.45) is 1.70. The van der Waals surface area contributed by atoms with Gasteiger partial charge in [-0.05, 0) is 50.6 Å². The lowest BCUT2D eigenvalue weighted by atomic mass is 9.97. The van der Waals surface area contributed by atoms with Crippen LogP contribution in [-0.2, 0) is 9.53 Å². The first-order chi connectivity index (χ1) is 9.61. The Hall–Kier alpha value is -1.59. The Morgan fingerprint density at radius 1 is 1.29 bits per heavy atom. The van der Waals surface area contributed by atoms with Gasteiger partial charge in [-0.2, -0.15) is 0 Å². The van der Waals surface area contributed by atoms with Crippen LogP contribution in [-0.4, -0.2) is 32.1 Å². The van der Waals surface area contributed by atoms with Crippen molar-refractivity contribution in [2.24, 2.45) is 5.92 Å². The molecule has 1 heterocycles. The second-order valence-corrected chi connectivity index (χ2v) is 5.03. The first-order valence-electron chi connectivity index (χ1n) is 6.82. The van der Waals surface area contributed by atoms with Crippen LogP contribution in [0.15, 0.2) is 18.2 Å². The standard InChI is InChI=1S/C15H20N2O3.ClH/c1-10-3-4-12(15(19)20-2)9-13(10)17-14(18)11-5-7-16-8-6-11;/h3-4,9,11,16H,5-8H2,1-2H3,(H,17,18);1H. The van der Waals surface area contributed by atoms with Crippen molar-refractivity contribution in [3.63, 3.8) is 0 Å². The van der Waals surface area contributed by atoms with E-state index in [1.807, 2.05) is 13.0 Å². The number of hydrogen-bond acceptors (Lipinski definition) is 4. The van der Waals surface area contributed by atoms with Crippen LogP contribution < -0.4 is 10.6 Å². The minimum Gasteiger partial charge on any atom is -0.465 e. The van der Waals surface area contributed by atoms with Gasteiger partial charge in [0.05, 0.1) is 12.7 Å². The number of methoxy groups -OCH3 is 1. The van der Waals surface area contributed by atoms with E-state index in [2.05, 4.69) is 10.6 Å². The molecule has 0 atom stereocenters. The molecule has 0 spiro atoms. The van der Waals surface area contributed by atoms with Crippen LogP contribution in [0.4, 0.5) is 5.69 Å². The number of ether oxygens (including phenoxy) is 1. The Bertz CT molecular complexity index is 514. The molecule has 1 aromatic rings. The third kappa shape index (κ3) is 4.44. The number of esters is 1. The zero-order valence-corrected chi connectivity index (χ0v) is 13.1. The van der Waals surface area contributed by atoms with E-state index < -0.39 is 5.97 Å². The summed E-state index contributed by atoms with van der Waals surface area (Å²) in [7, 11) is 1.34. The lowest BCUT2D eigenvalue weighted by Gasteiger charge is -2.22. The predicted octanol–water partition coefficient (Wildman–Crippen LogP) is 2.14. The van der Waals surface area contributed by atoms with Gasteiger partial charge in [-0.15, -0.1) is 12.4 Å². The van der Waals surface area contributed by atoms with Gasteiger partial charge in [0, 0.05) is 11.6 Å². The summed E-state index contributed by atoms with van der Waals surface area (Å²) in [6.45, 7) is 3.65. The van der Waals surface area contributed by atoms with E-state index in [1.54, 1.807) is 12.1 Å². The molecule has 116 valence electrons. The smallest absolute Gasteiger partial charge is 0.337 e. The van der Waals surface area contributed by atoms with E-state index in [4.69, 9.17) is 4.74 Å². The Kier molecular flexibility index (Phi) is 6.65. The minimum absolute atomic E-state index is 0. The number of carbonyl (C=O) groups is 2. The van der Waals surface area contributed by atoms with Crippen molar-refractivity contribution < 1.29 is 14.3 Å². The summed E-state index contributed by atoms with van der Waals surface area (Å²) in [5, 5.41) is 6.16. The fraction of sp³-hybridized carbons (Fsp3) is 0.467. The maximum Gasteiger partial charge on any atom is 0.337 e. The van der Waals surface area contributed by atoms with Crippen LogP contribution in [0.1, 0.15) is 28.8 Å². The fourth-order valence-electron chi connectivity index (χ4n) is 2.32. The van der Waals surface area contributed by atoms with E-state index in [9.17, 15) is 9.59 Å². The molecule has 0 unspecified atom stereocenters. The molecular formula is C15H21ClN2O3. The number of carbonyl (C=O) groups excluding carboxylic acids is 2. The summed E-state index contributed by atoms with van der Waals surface area (Å²) in [5.74, 6) is -0.337. The molecule has 0 bridgehead atoms. The largest absolute Gasteiger partial charge is 0.465 e. The third-order valence-electron chi connectivity index (χ3n) is 3.63. The normalized spacial score (nSPS) is 15.0. The number of hydrogen-bond donors (Lipinski definition) is 2. The number of benzene rings is 1. The lowest BCUT2D eigenvalue weighted by molar-refractivity contribution is -0.120. The highest BCUT2D eigenvalue weighted by molar-refractivity contribution is 5.96. The molecule has 1 fully saturated rings. The number of amides is 1. The van der Waals surface area contributed by atoms with Crippen LogP contribution in [0.3, 0.4) is 0 Å². The molecule has 0 aliphatic carbocycles. The maximum atomic E-state index is 12.2. The molecule has 0 radical (unpaired) electrons. The van der Waals surface area contributed by atoms with Gasteiger partial charge in [0.2, 0.25) is 5.91 Å². The summed E-state index contributed by atoms with van der Waals surface area (Å²) in [6, 6.07) is 5.17. The Morgan fingerprint density at radius 3 is 2.57 bits per heavy atom. The maximum absolute atomic E-state index is 12.2. The van der Waals surface area contributed by atoms with Gasteiger partial charge < -0.3 is 15.4 Å². The average molecular weight is 313 g/mol. The molecule has 1 aliphatic heterocycles. The molecule has 1 amide bonds.